The molecule has 2 saturated heterocycles. The Hall–Kier alpha value is -3.86. The molecule has 218 valence electrons. The minimum Gasteiger partial charge on any atom is -0.322 e. The number of aromatic nitrogens is 3. The van der Waals surface area contributed by atoms with Gasteiger partial charge < -0.3 is 5.32 Å². The number of rotatable bonds is 8. The number of nitrogens with one attached hydrogen (secondary N) is 2. The minimum atomic E-state index is -2.92. The monoisotopic (exact) mass is 584 g/mol. The average Bonchev–Trinajstić information content (AvgIpc) is 3.50. The van der Waals surface area contributed by atoms with Gasteiger partial charge in [0, 0.05) is 48.9 Å². The van der Waals surface area contributed by atoms with E-state index in [9.17, 15) is 13.2 Å². The molecule has 2 aliphatic heterocycles. The zero-order valence-electron chi connectivity index (χ0n) is 23.6. The maximum Gasteiger partial charge on any atom is 0.255 e. The van der Waals surface area contributed by atoms with Crippen molar-refractivity contribution in [3.05, 3.63) is 101 Å². The van der Waals surface area contributed by atoms with Crippen molar-refractivity contribution in [2.45, 2.75) is 31.8 Å². The van der Waals surface area contributed by atoms with Crippen LogP contribution in [0, 0.1) is 0 Å². The molecule has 4 aromatic rings. The molecule has 2 fully saturated rings. The number of likely N-dealkylation sites (tertiary alicyclic amines) is 1. The molecule has 0 saturated carbocycles. The number of benzene rings is 3. The van der Waals surface area contributed by atoms with Gasteiger partial charge in [-0.2, -0.15) is 5.10 Å². The third kappa shape index (κ3) is 7.13. The number of amides is 1. The second kappa shape index (κ2) is 12.6. The fourth-order valence-corrected chi connectivity index (χ4v) is 6.95. The van der Waals surface area contributed by atoms with Crippen molar-refractivity contribution in [2.75, 3.05) is 43.0 Å². The Kier molecular flexibility index (Phi) is 8.46. The van der Waals surface area contributed by atoms with Crippen molar-refractivity contribution in [1.29, 1.82) is 0 Å². The van der Waals surface area contributed by atoms with Crippen molar-refractivity contribution in [3.8, 4) is 11.4 Å². The van der Waals surface area contributed by atoms with Crippen molar-refractivity contribution >= 4 is 21.4 Å². The smallest absolute Gasteiger partial charge is 0.255 e. The number of anilines is 1. The largest absolute Gasteiger partial charge is 0.322 e. The molecule has 0 atom stereocenters. The predicted molar refractivity (Wildman–Crippen MR) is 164 cm³/mol. The normalized spacial score (nSPS) is 18.1. The highest BCUT2D eigenvalue weighted by molar-refractivity contribution is 7.91. The number of H-pyrrole nitrogens is 1. The summed E-state index contributed by atoms with van der Waals surface area (Å²) in [7, 11) is -2.92. The summed E-state index contributed by atoms with van der Waals surface area (Å²) in [5.74, 6) is 2.15. The zero-order valence-corrected chi connectivity index (χ0v) is 24.4. The molecule has 0 aliphatic carbocycles. The van der Waals surface area contributed by atoms with E-state index in [0.717, 1.165) is 49.4 Å². The fraction of sp³-hybridized carbons (Fsp3) is 0.344. The van der Waals surface area contributed by atoms with Crippen molar-refractivity contribution in [1.82, 2.24) is 25.0 Å². The van der Waals surface area contributed by atoms with Gasteiger partial charge in [0.1, 0.15) is 5.82 Å². The fourth-order valence-electron chi connectivity index (χ4n) is 5.68. The van der Waals surface area contributed by atoms with Crippen molar-refractivity contribution in [2.24, 2.45) is 0 Å². The minimum absolute atomic E-state index is 0.187. The SMILES string of the molecule is O=C(Nc1ccc(-c2n[nH]c(C3CCN(Cc4ccccc4)CC3)n2)cc1)c1cccc(CN2CCS(=O)(=O)CC2)c1. The highest BCUT2D eigenvalue weighted by atomic mass is 32.2. The Labute approximate surface area is 246 Å². The van der Waals surface area contributed by atoms with Gasteiger partial charge in [-0.1, -0.05) is 42.5 Å². The summed E-state index contributed by atoms with van der Waals surface area (Å²) in [5.41, 5.74) is 4.48. The molecule has 0 radical (unpaired) electrons. The summed E-state index contributed by atoms with van der Waals surface area (Å²) >= 11 is 0. The molecule has 3 heterocycles. The van der Waals surface area contributed by atoms with Gasteiger partial charge in [0.2, 0.25) is 0 Å². The number of aromatic amines is 1. The van der Waals surface area contributed by atoms with Crippen LogP contribution in [-0.4, -0.2) is 77.0 Å². The Morgan fingerprint density at radius 3 is 2.24 bits per heavy atom. The lowest BCUT2D eigenvalue weighted by molar-refractivity contribution is 0.102. The maximum atomic E-state index is 13.0. The molecule has 1 aromatic heterocycles. The highest BCUT2D eigenvalue weighted by Gasteiger charge is 2.24. The molecule has 2 N–H and O–H groups in total. The summed E-state index contributed by atoms with van der Waals surface area (Å²) < 4.78 is 23.4. The van der Waals surface area contributed by atoms with E-state index >= 15 is 0 Å². The number of carbonyl (C=O) groups excluding carboxylic acids is 1. The van der Waals surface area contributed by atoms with E-state index < -0.39 is 9.84 Å². The van der Waals surface area contributed by atoms with Crippen LogP contribution in [0.4, 0.5) is 5.69 Å². The molecule has 10 heteroatoms. The van der Waals surface area contributed by atoms with E-state index in [1.165, 1.54) is 5.56 Å². The van der Waals surface area contributed by atoms with Crippen LogP contribution in [0.25, 0.3) is 11.4 Å². The third-order valence-electron chi connectivity index (χ3n) is 8.16. The van der Waals surface area contributed by atoms with Gasteiger partial charge in [-0.3, -0.25) is 19.7 Å². The quantitative estimate of drug-likeness (QED) is 0.317. The van der Waals surface area contributed by atoms with Gasteiger partial charge in [0.25, 0.3) is 5.91 Å². The zero-order chi connectivity index (χ0) is 28.9. The number of hydrogen-bond acceptors (Lipinski definition) is 7. The molecule has 0 unspecified atom stereocenters. The third-order valence-corrected chi connectivity index (χ3v) is 9.77. The van der Waals surface area contributed by atoms with Crippen LogP contribution in [0.1, 0.15) is 46.1 Å². The number of piperidine rings is 1. The Morgan fingerprint density at radius 2 is 1.50 bits per heavy atom. The number of hydrogen-bond donors (Lipinski definition) is 2. The van der Waals surface area contributed by atoms with Crippen LogP contribution in [0.15, 0.2) is 78.9 Å². The summed E-state index contributed by atoms with van der Waals surface area (Å²) in [6.45, 7) is 4.72. The number of nitrogens with zero attached hydrogens (tertiary/aromatic N) is 4. The number of sulfone groups is 1. The molecule has 0 spiro atoms. The standard InChI is InChI=1S/C32H36N6O3S/c39-32(28-8-4-7-25(21-28)23-38-17-19-42(40,41)20-18-38)33-29-11-9-26(10-12-29)30-34-31(36-35-30)27-13-15-37(16-14-27)22-24-5-2-1-3-6-24/h1-12,21,27H,13-20,22-23H2,(H,33,39)(H,34,35,36). The van der Waals surface area contributed by atoms with Gasteiger partial charge in [-0.05, 0) is 73.5 Å². The highest BCUT2D eigenvalue weighted by Crippen LogP contribution is 2.28. The molecule has 3 aromatic carbocycles. The number of carbonyl (C=O) groups is 1. The summed E-state index contributed by atoms with van der Waals surface area (Å²) in [5, 5.41) is 10.6. The van der Waals surface area contributed by atoms with Gasteiger partial charge in [0.05, 0.1) is 11.5 Å². The lowest BCUT2D eigenvalue weighted by Gasteiger charge is -2.30. The molecule has 1 amide bonds. The Balaban J connectivity index is 1.02. The molecule has 0 bridgehead atoms. The van der Waals surface area contributed by atoms with E-state index in [0.29, 0.717) is 42.6 Å². The summed E-state index contributed by atoms with van der Waals surface area (Å²) in [6, 6.07) is 25.7. The van der Waals surface area contributed by atoms with Crippen molar-refractivity contribution < 1.29 is 13.2 Å². The van der Waals surface area contributed by atoms with Crippen LogP contribution in [0.2, 0.25) is 0 Å². The first-order valence-corrected chi connectivity index (χ1v) is 16.3. The molecule has 9 nitrogen and oxygen atoms in total. The van der Waals surface area contributed by atoms with E-state index in [2.05, 4.69) is 55.6 Å². The van der Waals surface area contributed by atoms with Crippen LogP contribution < -0.4 is 5.32 Å². The molecule has 6 rings (SSSR count). The molecular formula is C32H36N6O3S. The van der Waals surface area contributed by atoms with Gasteiger partial charge in [-0.15, -0.1) is 0 Å². The van der Waals surface area contributed by atoms with E-state index in [1.54, 1.807) is 6.07 Å². The Morgan fingerprint density at radius 1 is 0.833 bits per heavy atom. The van der Waals surface area contributed by atoms with Gasteiger partial charge >= 0.3 is 0 Å². The van der Waals surface area contributed by atoms with Crippen molar-refractivity contribution in [3.63, 3.8) is 0 Å². The lowest BCUT2D eigenvalue weighted by atomic mass is 9.96. The van der Waals surface area contributed by atoms with Crippen LogP contribution in [0.5, 0.6) is 0 Å². The van der Waals surface area contributed by atoms with Crippen LogP contribution in [0.3, 0.4) is 0 Å². The second-order valence-electron chi connectivity index (χ2n) is 11.2. The van der Waals surface area contributed by atoms with Crippen LogP contribution in [-0.2, 0) is 22.9 Å². The average molecular weight is 585 g/mol. The Bertz CT molecular complexity index is 1600. The summed E-state index contributed by atoms with van der Waals surface area (Å²) in [6.07, 6.45) is 2.10. The van der Waals surface area contributed by atoms with Gasteiger partial charge in [0.15, 0.2) is 15.7 Å². The molecular weight excluding hydrogens is 548 g/mol. The molecule has 2 aliphatic rings. The van der Waals surface area contributed by atoms with E-state index in [-0.39, 0.29) is 17.4 Å². The lowest BCUT2D eigenvalue weighted by Crippen LogP contribution is -2.39. The molecule has 42 heavy (non-hydrogen) atoms. The van der Waals surface area contributed by atoms with E-state index in [4.69, 9.17) is 4.98 Å². The first-order valence-electron chi connectivity index (χ1n) is 14.5. The second-order valence-corrected chi connectivity index (χ2v) is 13.5. The summed E-state index contributed by atoms with van der Waals surface area (Å²) in [4.78, 5) is 22.4. The predicted octanol–water partition coefficient (Wildman–Crippen LogP) is 4.33. The maximum absolute atomic E-state index is 13.0. The first-order chi connectivity index (χ1) is 20.4. The van der Waals surface area contributed by atoms with Gasteiger partial charge in [-0.25, -0.2) is 13.4 Å². The topological polar surface area (TPSA) is 111 Å². The first kappa shape index (κ1) is 28.3. The van der Waals surface area contributed by atoms with E-state index in [1.807, 2.05) is 42.5 Å². The van der Waals surface area contributed by atoms with Crippen LogP contribution >= 0.6 is 0 Å².